The minimum atomic E-state index is -2.59. The van der Waals surface area contributed by atoms with Crippen LogP contribution in [0.2, 0.25) is 0 Å². The van der Waals surface area contributed by atoms with Gasteiger partial charge < -0.3 is 4.74 Å². The minimum Gasteiger partial charge on any atom is -0.466 e. The molecule has 0 saturated carbocycles. The zero-order valence-electron chi connectivity index (χ0n) is 10.6. The van der Waals surface area contributed by atoms with E-state index in [-0.39, 0.29) is 5.97 Å². The van der Waals surface area contributed by atoms with Gasteiger partial charge in [0.15, 0.2) is 10.7 Å². The molecule has 0 atom stereocenters. The first kappa shape index (κ1) is 14.7. The molecule has 100 valence electrons. The van der Waals surface area contributed by atoms with Crippen molar-refractivity contribution < 1.29 is 17.9 Å². The number of esters is 1. The predicted octanol–water partition coefficient (Wildman–Crippen LogP) is 1.85. The summed E-state index contributed by atoms with van der Waals surface area (Å²) >= 11 is 0. The average molecular weight is 270 g/mol. The summed E-state index contributed by atoms with van der Waals surface area (Å²) in [7, 11) is -2.59. The van der Waals surface area contributed by atoms with Crippen LogP contribution in [-0.2, 0) is 26.7 Å². The number of rotatable bonds is 6. The third-order valence-electron chi connectivity index (χ3n) is 2.70. The second-order valence-electron chi connectivity index (χ2n) is 3.99. The normalized spacial score (nSPS) is 10.6. The molecule has 0 fully saturated rings. The van der Waals surface area contributed by atoms with E-state index in [0.29, 0.717) is 30.8 Å². The van der Waals surface area contributed by atoms with Crippen LogP contribution in [0.4, 0.5) is 0 Å². The van der Waals surface area contributed by atoms with Gasteiger partial charge in [-0.1, -0.05) is 12.1 Å². The molecule has 0 aliphatic carbocycles. The van der Waals surface area contributed by atoms with Gasteiger partial charge in [-0.25, -0.2) is 8.42 Å². The lowest BCUT2D eigenvalue weighted by Gasteiger charge is -2.08. The molecule has 18 heavy (non-hydrogen) atoms. The van der Waals surface area contributed by atoms with Crippen LogP contribution in [0.15, 0.2) is 23.1 Å². The van der Waals surface area contributed by atoms with Gasteiger partial charge in [0.1, 0.15) is 0 Å². The summed E-state index contributed by atoms with van der Waals surface area (Å²) in [5, 5.41) is 0. The van der Waals surface area contributed by atoms with E-state index in [1.165, 1.54) is 0 Å². The molecule has 1 rings (SSSR count). The van der Waals surface area contributed by atoms with E-state index in [1.54, 1.807) is 19.1 Å². The van der Waals surface area contributed by atoms with Crippen molar-refractivity contribution in [1.29, 1.82) is 0 Å². The lowest BCUT2D eigenvalue weighted by atomic mass is 10.0. The summed E-state index contributed by atoms with van der Waals surface area (Å²) in [6.07, 6.45) is 1.49. The molecule has 0 N–H and O–H groups in total. The van der Waals surface area contributed by atoms with Crippen molar-refractivity contribution in [1.82, 2.24) is 0 Å². The van der Waals surface area contributed by atoms with Crippen molar-refractivity contribution >= 4 is 16.7 Å². The number of aryl methyl sites for hydroxylation is 1. The Balaban J connectivity index is 2.70. The number of hydrogen-bond donors (Lipinski definition) is 1. The van der Waals surface area contributed by atoms with Gasteiger partial charge in [0.2, 0.25) is 0 Å². The summed E-state index contributed by atoms with van der Waals surface area (Å²) in [6.45, 7) is 4.02. The van der Waals surface area contributed by atoms with Gasteiger partial charge in [-0.15, -0.1) is 0 Å². The highest BCUT2D eigenvalue weighted by molar-refractivity contribution is 7.72. The van der Waals surface area contributed by atoms with E-state index in [9.17, 15) is 13.2 Å². The van der Waals surface area contributed by atoms with Crippen molar-refractivity contribution in [3.63, 3.8) is 0 Å². The van der Waals surface area contributed by atoms with Crippen molar-refractivity contribution in [2.45, 2.75) is 38.0 Å². The Labute approximate surface area is 109 Å². The topological polar surface area (TPSA) is 60.4 Å². The van der Waals surface area contributed by atoms with Crippen molar-refractivity contribution in [2.75, 3.05) is 6.61 Å². The maximum atomic E-state index is 11.2. The smallest absolute Gasteiger partial charge is 0.305 e. The molecule has 0 aliphatic heterocycles. The van der Waals surface area contributed by atoms with Crippen LogP contribution in [0.3, 0.4) is 0 Å². The maximum absolute atomic E-state index is 11.2. The Kier molecular flexibility index (Phi) is 5.85. The Morgan fingerprint density at radius 1 is 1.33 bits per heavy atom. The van der Waals surface area contributed by atoms with E-state index in [2.05, 4.69) is 0 Å². The Morgan fingerprint density at radius 2 is 2.06 bits per heavy atom. The summed E-state index contributed by atoms with van der Waals surface area (Å²) in [5.41, 5.74) is 1.74. The summed E-state index contributed by atoms with van der Waals surface area (Å²) in [6, 6.07) is 5.20. The minimum absolute atomic E-state index is 0.237. The molecule has 1 aromatic carbocycles. The Hall–Kier alpha value is -1.36. The largest absolute Gasteiger partial charge is 0.466 e. The SMILES string of the molecule is CCOC(=O)CCCc1c(C)cccc1[SH](=O)=O. The third-order valence-corrected chi connectivity index (χ3v) is 3.51. The molecule has 0 aliphatic rings. The standard InChI is InChI=1S/C13H18O4S/c1-3-17-13(14)9-5-7-11-10(2)6-4-8-12(11)18(15)16/h4,6,8,18H,3,5,7,9H2,1-2H3. The van der Waals surface area contributed by atoms with Gasteiger partial charge in [0, 0.05) is 6.42 Å². The van der Waals surface area contributed by atoms with Gasteiger partial charge in [0.05, 0.1) is 11.5 Å². The molecular formula is C13H18O4S. The van der Waals surface area contributed by atoms with E-state index >= 15 is 0 Å². The Bertz CT molecular complexity index is 484. The molecule has 0 aromatic heterocycles. The molecular weight excluding hydrogens is 252 g/mol. The zero-order valence-corrected chi connectivity index (χ0v) is 11.5. The lowest BCUT2D eigenvalue weighted by Crippen LogP contribution is -2.05. The highest BCUT2D eigenvalue weighted by Gasteiger charge is 2.09. The molecule has 0 amide bonds. The summed E-state index contributed by atoms with van der Waals surface area (Å²) in [4.78, 5) is 11.6. The van der Waals surface area contributed by atoms with E-state index in [1.807, 2.05) is 13.0 Å². The number of hydrogen-bond acceptors (Lipinski definition) is 4. The Morgan fingerprint density at radius 3 is 2.67 bits per heavy atom. The zero-order chi connectivity index (χ0) is 13.5. The lowest BCUT2D eigenvalue weighted by molar-refractivity contribution is -0.143. The van der Waals surface area contributed by atoms with Crippen molar-refractivity contribution in [3.05, 3.63) is 29.3 Å². The average Bonchev–Trinajstić information content (AvgIpc) is 2.31. The summed E-state index contributed by atoms with van der Waals surface area (Å²) in [5.74, 6) is -0.237. The molecule has 4 nitrogen and oxygen atoms in total. The van der Waals surface area contributed by atoms with Gasteiger partial charge in [-0.2, -0.15) is 0 Å². The number of carbonyl (C=O) groups excluding carboxylic acids is 1. The molecule has 5 heteroatoms. The molecule has 0 radical (unpaired) electrons. The molecule has 0 bridgehead atoms. The highest BCUT2D eigenvalue weighted by atomic mass is 32.2. The quantitative estimate of drug-likeness (QED) is 0.633. The second kappa shape index (κ2) is 7.16. The second-order valence-corrected chi connectivity index (χ2v) is 4.98. The molecule has 1 aromatic rings. The van der Waals surface area contributed by atoms with Gasteiger partial charge in [-0.3, -0.25) is 4.79 Å². The number of ether oxygens (including phenoxy) is 1. The van der Waals surface area contributed by atoms with Gasteiger partial charge in [0.25, 0.3) is 0 Å². The van der Waals surface area contributed by atoms with Crippen LogP contribution in [0.1, 0.15) is 30.9 Å². The van der Waals surface area contributed by atoms with Gasteiger partial charge in [-0.05, 0) is 43.9 Å². The number of thiol groups is 1. The maximum Gasteiger partial charge on any atom is 0.305 e. The number of carbonyl (C=O) groups is 1. The van der Waals surface area contributed by atoms with Crippen LogP contribution in [0.25, 0.3) is 0 Å². The first-order valence-electron chi connectivity index (χ1n) is 5.94. The highest BCUT2D eigenvalue weighted by Crippen LogP contribution is 2.18. The fourth-order valence-corrected chi connectivity index (χ4v) is 2.54. The van der Waals surface area contributed by atoms with Crippen LogP contribution >= 0.6 is 0 Å². The van der Waals surface area contributed by atoms with E-state index < -0.39 is 10.7 Å². The van der Waals surface area contributed by atoms with E-state index in [4.69, 9.17) is 4.74 Å². The van der Waals surface area contributed by atoms with Crippen LogP contribution in [0.5, 0.6) is 0 Å². The van der Waals surface area contributed by atoms with Crippen molar-refractivity contribution in [2.24, 2.45) is 0 Å². The van der Waals surface area contributed by atoms with E-state index in [0.717, 1.165) is 11.1 Å². The molecule has 0 heterocycles. The predicted molar refractivity (Wildman–Crippen MR) is 69.3 cm³/mol. The fourth-order valence-electron chi connectivity index (χ4n) is 1.83. The van der Waals surface area contributed by atoms with Crippen molar-refractivity contribution in [3.8, 4) is 0 Å². The monoisotopic (exact) mass is 270 g/mol. The number of benzene rings is 1. The van der Waals surface area contributed by atoms with Crippen LogP contribution in [-0.4, -0.2) is 21.0 Å². The summed E-state index contributed by atoms with van der Waals surface area (Å²) < 4.78 is 27.1. The third kappa shape index (κ3) is 4.14. The first-order valence-corrected chi connectivity index (χ1v) is 7.12. The fraction of sp³-hybridized carbons (Fsp3) is 0.462. The molecule has 0 saturated heterocycles. The molecule has 0 unspecified atom stereocenters. The first-order chi connectivity index (χ1) is 8.56. The van der Waals surface area contributed by atoms with Gasteiger partial charge >= 0.3 is 5.97 Å². The molecule has 0 spiro atoms. The van der Waals surface area contributed by atoms with Crippen LogP contribution < -0.4 is 0 Å². The van der Waals surface area contributed by atoms with Crippen LogP contribution in [0, 0.1) is 6.92 Å².